The van der Waals surface area contributed by atoms with Crippen molar-refractivity contribution in [2.45, 2.75) is 38.8 Å². The molecule has 3 rings (SSSR count). The number of nitrogens with zero attached hydrogens (tertiary/aromatic N) is 2. The Kier molecular flexibility index (Phi) is 3.88. The molecule has 0 amide bonds. The van der Waals surface area contributed by atoms with Crippen molar-refractivity contribution in [3.63, 3.8) is 0 Å². The van der Waals surface area contributed by atoms with E-state index in [-0.39, 0.29) is 0 Å². The molecule has 1 unspecified atom stereocenters. The van der Waals surface area contributed by atoms with Crippen LogP contribution in [0.5, 0.6) is 0 Å². The largest absolute Gasteiger partial charge is 0.353 e. The number of pyridine rings is 1. The van der Waals surface area contributed by atoms with Gasteiger partial charge in [0.25, 0.3) is 0 Å². The Balaban J connectivity index is 2.11. The maximum Gasteiger partial charge on any atom is 0.137 e. The van der Waals surface area contributed by atoms with Crippen LogP contribution in [0.25, 0.3) is 10.8 Å². The number of rotatable bonds is 3. The van der Waals surface area contributed by atoms with Crippen molar-refractivity contribution in [2.75, 3.05) is 18.5 Å². The van der Waals surface area contributed by atoms with Crippen molar-refractivity contribution < 1.29 is 0 Å². The summed E-state index contributed by atoms with van der Waals surface area (Å²) in [7, 11) is 1.97. The maximum absolute atomic E-state index is 4.93. The quantitative estimate of drug-likeness (QED) is 0.926. The molecule has 1 aliphatic rings. The Hall–Kier alpha value is -1.61. The van der Waals surface area contributed by atoms with Gasteiger partial charge in [0.2, 0.25) is 0 Å². The number of piperidine rings is 1. The molecule has 3 nitrogen and oxygen atoms in total. The maximum atomic E-state index is 4.93. The number of fused-ring (bicyclic) bond motifs is 1. The van der Waals surface area contributed by atoms with Crippen molar-refractivity contribution in [3.8, 4) is 0 Å². The van der Waals surface area contributed by atoms with Gasteiger partial charge in [-0.2, -0.15) is 0 Å². The second kappa shape index (κ2) is 5.80. The van der Waals surface area contributed by atoms with Gasteiger partial charge in [-0.1, -0.05) is 24.3 Å². The van der Waals surface area contributed by atoms with Crippen LogP contribution in [0.3, 0.4) is 0 Å². The zero-order valence-electron chi connectivity index (χ0n) is 12.4. The summed E-state index contributed by atoms with van der Waals surface area (Å²) in [5.41, 5.74) is 1.12. The first-order valence-electron chi connectivity index (χ1n) is 7.59. The molecule has 1 aromatic carbocycles. The van der Waals surface area contributed by atoms with Crippen LogP contribution in [0.4, 0.5) is 5.82 Å². The Morgan fingerprint density at radius 3 is 2.95 bits per heavy atom. The van der Waals surface area contributed by atoms with Gasteiger partial charge in [-0.3, -0.25) is 0 Å². The molecule has 1 fully saturated rings. The first-order chi connectivity index (χ1) is 9.79. The topological polar surface area (TPSA) is 28.2 Å². The lowest BCUT2D eigenvalue weighted by Gasteiger charge is -2.35. The molecule has 1 aromatic heterocycles. The monoisotopic (exact) mass is 269 g/mol. The van der Waals surface area contributed by atoms with Crippen LogP contribution in [0.15, 0.2) is 30.3 Å². The fourth-order valence-electron chi connectivity index (χ4n) is 3.14. The predicted molar refractivity (Wildman–Crippen MR) is 85.2 cm³/mol. The van der Waals surface area contributed by atoms with E-state index < -0.39 is 0 Å². The van der Waals surface area contributed by atoms with Gasteiger partial charge in [-0.25, -0.2) is 4.98 Å². The molecule has 1 aliphatic heterocycles. The zero-order chi connectivity index (χ0) is 13.9. The summed E-state index contributed by atoms with van der Waals surface area (Å²) in [4.78, 5) is 7.42. The van der Waals surface area contributed by atoms with Gasteiger partial charge in [-0.05, 0) is 44.7 Å². The lowest BCUT2D eigenvalue weighted by Crippen LogP contribution is -2.38. The molecule has 1 saturated heterocycles. The molecule has 1 atom stereocenters. The summed E-state index contributed by atoms with van der Waals surface area (Å²) < 4.78 is 0. The molecule has 0 saturated carbocycles. The van der Waals surface area contributed by atoms with Crippen LogP contribution in [0.2, 0.25) is 0 Å². The molecule has 106 valence electrons. The number of hydrogen-bond acceptors (Lipinski definition) is 3. The molecule has 3 heteroatoms. The van der Waals surface area contributed by atoms with Crippen LogP contribution >= 0.6 is 0 Å². The van der Waals surface area contributed by atoms with Crippen LogP contribution in [-0.4, -0.2) is 24.6 Å². The third-order valence-electron chi connectivity index (χ3n) is 4.21. The van der Waals surface area contributed by atoms with Crippen molar-refractivity contribution in [3.05, 3.63) is 36.0 Å². The minimum absolute atomic E-state index is 0.587. The zero-order valence-corrected chi connectivity index (χ0v) is 12.4. The van der Waals surface area contributed by atoms with E-state index in [1.54, 1.807) is 0 Å². The number of aromatic nitrogens is 1. The van der Waals surface area contributed by atoms with Gasteiger partial charge >= 0.3 is 0 Å². The second-order valence-corrected chi connectivity index (χ2v) is 5.73. The lowest BCUT2D eigenvalue weighted by molar-refractivity contribution is 0.482. The highest BCUT2D eigenvalue weighted by Crippen LogP contribution is 2.30. The van der Waals surface area contributed by atoms with Crippen LogP contribution in [0.1, 0.15) is 31.9 Å². The van der Waals surface area contributed by atoms with Crippen LogP contribution < -0.4 is 10.2 Å². The van der Waals surface area contributed by atoms with Crippen molar-refractivity contribution >= 4 is 16.6 Å². The molecule has 2 aromatic rings. The minimum atomic E-state index is 0.587. The SMILES string of the molecule is CNCc1cc2ccccc2c(N2CCCCC2C)n1. The van der Waals surface area contributed by atoms with Gasteiger partial charge in [0, 0.05) is 24.5 Å². The number of hydrogen-bond donors (Lipinski definition) is 1. The van der Waals surface area contributed by atoms with Gasteiger partial charge in [0.1, 0.15) is 5.82 Å². The molecule has 1 N–H and O–H groups in total. The fraction of sp³-hybridized carbons (Fsp3) is 0.471. The van der Waals surface area contributed by atoms with Gasteiger partial charge in [0.15, 0.2) is 0 Å². The first kappa shape index (κ1) is 13.4. The molecular formula is C17H23N3. The summed E-state index contributed by atoms with van der Waals surface area (Å²) in [6, 6.07) is 11.4. The summed E-state index contributed by atoms with van der Waals surface area (Å²) in [6.07, 6.45) is 3.88. The summed E-state index contributed by atoms with van der Waals surface area (Å²) in [6.45, 7) is 4.27. The van der Waals surface area contributed by atoms with Gasteiger partial charge < -0.3 is 10.2 Å². The van der Waals surface area contributed by atoms with Crippen molar-refractivity contribution in [2.24, 2.45) is 0 Å². The predicted octanol–water partition coefficient (Wildman–Crippen LogP) is 3.33. The van der Waals surface area contributed by atoms with E-state index in [9.17, 15) is 0 Å². The van der Waals surface area contributed by atoms with E-state index >= 15 is 0 Å². The summed E-state index contributed by atoms with van der Waals surface area (Å²) in [5, 5.41) is 5.78. The molecular weight excluding hydrogens is 246 g/mol. The Morgan fingerprint density at radius 1 is 1.30 bits per heavy atom. The molecule has 0 bridgehead atoms. The average Bonchev–Trinajstić information content (AvgIpc) is 2.47. The molecule has 0 spiro atoms. The van der Waals surface area contributed by atoms with E-state index in [0.717, 1.165) is 18.8 Å². The number of benzene rings is 1. The highest BCUT2D eigenvalue weighted by Gasteiger charge is 2.21. The normalized spacial score (nSPS) is 19.5. The van der Waals surface area contributed by atoms with E-state index in [2.05, 4.69) is 47.5 Å². The van der Waals surface area contributed by atoms with E-state index in [1.807, 2.05) is 7.05 Å². The van der Waals surface area contributed by atoms with Crippen molar-refractivity contribution in [1.82, 2.24) is 10.3 Å². The van der Waals surface area contributed by atoms with E-state index in [4.69, 9.17) is 4.98 Å². The van der Waals surface area contributed by atoms with Crippen molar-refractivity contribution in [1.29, 1.82) is 0 Å². The lowest BCUT2D eigenvalue weighted by atomic mass is 10.0. The smallest absolute Gasteiger partial charge is 0.137 e. The Bertz CT molecular complexity index is 594. The van der Waals surface area contributed by atoms with E-state index in [1.165, 1.54) is 35.9 Å². The molecule has 0 aliphatic carbocycles. The molecule has 20 heavy (non-hydrogen) atoms. The van der Waals surface area contributed by atoms with Crippen LogP contribution in [-0.2, 0) is 6.54 Å². The minimum Gasteiger partial charge on any atom is -0.353 e. The fourth-order valence-corrected chi connectivity index (χ4v) is 3.14. The van der Waals surface area contributed by atoms with Gasteiger partial charge in [-0.15, -0.1) is 0 Å². The van der Waals surface area contributed by atoms with Crippen LogP contribution in [0, 0.1) is 0 Å². The number of nitrogens with one attached hydrogen (secondary N) is 1. The van der Waals surface area contributed by atoms with Gasteiger partial charge in [0.05, 0.1) is 5.69 Å². The highest BCUT2D eigenvalue weighted by molar-refractivity contribution is 5.92. The number of anilines is 1. The highest BCUT2D eigenvalue weighted by atomic mass is 15.2. The molecule has 2 heterocycles. The standard InChI is InChI=1S/C17H23N3/c1-13-7-5-6-10-20(13)17-16-9-4-3-8-14(16)11-15(19-17)12-18-2/h3-4,8-9,11,13,18H,5-7,10,12H2,1-2H3. The average molecular weight is 269 g/mol. The second-order valence-electron chi connectivity index (χ2n) is 5.73. The first-order valence-corrected chi connectivity index (χ1v) is 7.59. The third kappa shape index (κ3) is 2.50. The summed E-state index contributed by atoms with van der Waals surface area (Å²) >= 11 is 0. The van der Waals surface area contributed by atoms with E-state index in [0.29, 0.717) is 6.04 Å². The Morgan fingerprint density at radius 2 is 2.15 bits per heavy atom. The Labute approximate surface area is 121 Å². The molecule has 0 radical (unpaired) electrons. The summed E-state index contributed by atoms with van der Waals surface area (Å²) in [5.74, 6) is 1.17. The third-order valence-corrected chi connectivity index (χ3v) is 4.21.